The first kappa shape index (κ1) is 16.1. The minimum Gasteiger partial charge on any atom is -0.315 e. The topological polar surface area (TPSA) is 71.1 Å². The van der Waals surface area contributed by atoms with Crippen molar-refractivity contribution in [2.75, 3.05) is 7.05 Å². The van der Waals surface area contributed by atoms with Gasteiger partial charge < -0.3 is 5.32 Å². The average Bonchev–Trinajstić information content (AvgIpc) is 2.81. The van der Waals surface area contributed by atoms with Gasteiger partial charge in [0.2, 0.25) is 10.0 Å². The third kappa shape index (κ3) is 3.68. The van der Waals surface area contributed by atoms with Crippen molar-refractivity contribution in [2.45, 2.75) is 31.3 Å². The lowest BCUT2D eigenvalue weighted by atomic mass is 10.2. The minimum absolute atomic E-state index is 0.328. The van der Waals surface area contributed by atoms with Crippen LogP contribution in [0, 0.1) is 6.92 Å². The zero-order valence-corrected chi connectivity index (χ0v) is 13.9. The lowest BCUT2D eigenvalue weighted by Gasteiger charge is -2.15. The van der Waals surface area contributed by atoms with Crippen LogP contribution in [-0.2, 0) is 16.6 Å². The summed E-state index contributed by atoms with van der Waals surface area (Å²) in [6, 6.07) is 3.32. The van der Waals surface area contributed by atoms with E-state index in [9.17, 15) is 8.42 Å². The molecule has 0 fully saturated rings. The number of aromatic nitrogens is 1. The van der Waals surface area contributed by atoms with Gasteiger partial charge in [0.05, 0.1) is 0 Å². The van der Waals surface area contributed by atoms with Crippen molar-refractivity contribution in [3.8, 4) is 0 Å². The summed E-state index contributed by atoms with van der Waals surface area (Å²) in [4.78, 5) is 5.23. The van der Waals surface area contributed by atoms with E-state index in [-0.39, 0.29) is 6.04 Å². The summed E-state index contributed by atoms with van der Waals surface area (Å²) in [5.41, 5.74) is 1.61. The molecule has 7 heteroatoms. The van der Waals surface area contributed by atoms with E-state index in [1.54, 1.807) is 25.5 Å². The van der Waals surface area contributed by atoms with Crippen LogP contribution in [0.1, 0.15) is 29.0 Å². The van der Waals surface area contributed by atoms with E-state index >= 15 is 0 Å². The van der Waals surface area contributed by atoms with E-state index in [2.05, 4.69) is 15.0 Å². The van der Waals surface area contributed by atoms with Crippen molar-refractivity contribution in [1.29, 1.82) is 0 Å². The molecular formula is C14H19N3O2S2. The summed E-state index contributed by atoms with van der Waals surface area (Å²) in [6.45, 7) is 4.17. The molecule has 2 aromatic heterocycles. The quantitative estimate of drug-likeness (QED) is 0.854. The zero-order chi connectivity index (χ0) is 15.5. The van der Waals surface area contributed by atoms with E-state index in [1.807, 2.05) is 25.3 Å². The lowest BCUT2D eigenvalue weighted by molar-refractivity contribution is 0.565. The van der Waals surface area contributed by atoms with E-state index in [0.29, 0.717) is 11.4 Å². The van der Waals surface area contributed by atoms with E-state index in [1.165, 1.54) is 11.3 Å². The summed E-state index contributed by atoms with van der Waals surface area (Å²) in [5, 5.41) is 4.87. The van der Waals surface area contributed by atoms with Crippen LogP contribution in [-0.4, -0.2) is 20.4 Å². The summed E-state index contributed by atoms with van der Waals surface area (Å²) in [7, 11) is -1.75. The van der Waals surface area contributed by atoms with Gasteiger partial charge in [0.1, 0.15) is 4.90 Å². The Kier molecular flexibility index (Phi) is 5.10. The number of hydrogen-bond acceptors (Lipinski definition) is 5. The Morgan fingerprint density at radius 1 is 1.43 bits per heavy atom. The van der Waals surface area contributed by atoms with Gasteiger partial charge in [-0.15, -0.1) is 11.3 Å². The fourth-order valence-corrected chi connectivity index (χ4v) is 5.18. The summed E-state index contributed by atoms with van der Waals surface area (Å²) < 4.78 is 28.0. The maximum atomic E-state index is 12.6. The molecular weight excluding hydrogens is 306 g/mol. The molecule has 0 aliphatic carbocycles. The van der Waals surface area contributed by atoms with Gasteiger partial charge in [0, 0.05) is 29.9 Å². The lowest BCUT2D eigenvalue weighted by Crippen LogP contribution is -2.28. The molecule has 0 amide bonds. The zero-order valence-electron chi connectivity index (χ0n) is 12.3. The Labute approximate surface area is 129 Å². The van der Waals surface area contributed by atoms with E-state index in [4.69, 9.17) is 0 Å². The Morgan fingerprint density at radius 2 is 2.19 bits per heavy atom. The molecule has 0 aromatic carbocycles. The molecule has 21 heavy (non-hydrogen) atoms. The van der Waals surface area contributed by atoms with Crippen LogP contribution in [0.5, 0.6) is 0 Å². The molecule has 114 valence electrons. The van der Waals surface area contributed by atoms with Gasteiger partial charge in [-0.3, -0.25) is 4.98 Å². The molecule has 0 radical (unpaired) electrons. The van der Waals surface area contributed by atoms with Crippen molar-refractivity contribution in [1.82, 2.24) is 15.0 Å². The molecule has 1 unspecified atom stereocenters. The first-order chi connectivity index (χ1) is 9.95. The molecule has 0 saturated heterocycles. The van der Waals surface area contributed by atoms with Gasteiger partial charge in [-0.05, 0) is 43.5 Å². The number of nitrogens with one attached hydrogen (secondary N) is 2. The number of thiophene rings is 1. The predicted molar refractivity (Wildman–Crippen MR) is 84.8 cm³/mol. The van der Waals surface area contributed by atoms with Gasteiger partial charge in [-0.25, -0.2) is 13.1 Å². The van der Waals surface area contributed by atoms with Crippen LogP contribution in [0.4, 0.5) is 0 Å². The standard InChI is InChI=1S/C14H19N3O2S2/c1-10-9-20-13(8-15-3)14(10)21(18,19)17-11(2)12-5-4-6-16-7-12/h4-7,9,11,15,17H,8H2,1-3H3. The fourth-order valence-electron chi connectivity index (χ4n) is 2.12. The van der Waals surface area contributed by atoms with Gasteiger partial charge >= 0.3 is 0 Å². The minimum atomic E-state index is -3.56. The van der Waals surface area contributed by atoms with Crippen molar-refractivity contribution in [3.05, 3.63) is 45.9 Å². The van der Waals surface area contributed by atoms with Crippen LogP contribution in [0.15, 0.2) is 34.8 Å². The van der Waals surface area contributed by atoms with Crippen molar-refractivity contribution in [2.24, 2.45) is 0 Å². The summed E-state index contributed by atoms with van der Waals surface area (Å²) in [5.74, 6) is 0. The highest BCUT2D eigenvalue weighted by atomic mass is 32.2. The first-order valence-electron chi connectivity index (χ1n) is 6.59. The molecule has 0 aliphatic heterocycles. The van der Waals surface area contributed by atoms with Crippen molar-refractivity contribution >= 4 is 21.4 Å². The van der Waals surface area contributed by atoms with Crippen LogP contribution in [0.3, 0.4) is 0 Å². The summed E-state index contributed by atoms with van der Waals surface area (Å²) >= 11 is 1.46. The van der Waals surface area contributed by atoms with Gasteiger partial charge in [-0.2, -0.15) is 0 Å². The summed E-state index contributed by atoms with van der Waals surface area (Å²) in [6.07, 6.45) is 3.33. The molecule has 0 aliphatic rings. The number of hydrogen-bond donors (Lipinski definition) is 2. The fraction of sp³-hybridized carbons (Fsp3) is 0.357. The van der Waals surface area contributed by atoms with Gasteiger partial charge in [0.15, 0.2) is 0 Å². The molecule has 0 spiro atoms. The Balaban J connectivity index is 2.29. The molecule has 2 rings (SSSR count). The number of pyridine rings is 1. The third-order valence-corrected chi connectivity index (χ3v) is 6.12. The molecule has 2 heterocycles. The molecule has 1 atom stereocenters. The molecule has 2 aromatic rings. The van der Waals surface area contributed by atoms with Gasteiger partial charge in [-0.1, -0.05) is 6.07 Å². The average molecular weight is 325 g/mol. The van der Waals surface area contributed by atoms with Crippen LogP contribution in [0.2, 0.25) is 0 Å². The largest absolute Gasteiger partial charge is 0.315 e. The molecule has 5 nitrogen and oxygen atoms in total. The van der Waals surface area contributed by atoms with Crippen molar-refractivity contribution in [3.63, 3.8) is 0 Å². The van der Waals surface area contributed by atoms with Crippen molar-refractivity contribution < 1.29 is 8.42 Å². The van der Waals surface area contributed by atoms with E-state index in [0.717, 1.165) is 16.0 Å². The highest BCUT2D eigenvalue weighted by molar-refractivity contribution is 7.89. The second-order valence-corrected chi connectivity index (χ2v) is 7.45. The third-order valence-electron chi connectivity index (χ3n) is 3.11. The second-order valence-electron chi connectivity index (χ2n) is 4.83. The predicted octanol–water partition coefficient (Wildman–Crippen LogP) is 2.21. The maximum absolute atomic E-state index is 12.6. The number of rotatable bonds is 6. The normalized spacial score (nSPS) is 13.3. The Hall–Kier alpha value is -1.28. The van der Waals surface area contributed by atoms with Crippen LogP contribution in [0.25, 0.3) is 0 Å². The van der Waals surface area contributed by atoms with Crippen LogP contribution >= 0.6 is 11.3 Å². The second kappa shape index (κ2) is 6.65. The first-order valence-corrected chi connectivity index (χ1v) is 8.96. The van der Waals surface area contributed by atoms with Crippen LogP contribution < -0.4 is 10.0 Å². The molecule has 0 saturated carbocycles. The molecule has 0 bridgehead atoms. The number of nitrogens with zero attached hydrogens (tertiary/aromatic N) is 1. The maximum Gasteiger partial charge on any atom is 0.242 e. The number of sulfonamides is 1. The SMILES string of the molecule is CNCc1scc(C)c1S(=O)(=O)NC(C)c1cccnc1. The number of aryl methyl sites for hydroxylation is 1. The Morgan fingerprint density at radius 3 is 2.81 bits per heavy atom. The highest BCUT2D eigenvalue weighted by Crippen LogP contribution is 2.28. The Bertz CT molecular complexity index is 696. The van der Waals surface area contributed by atoms with Gasteiger partial charge in [0.25, 0.3) is 0 Å². The van der Waals surface area contributed by atoms with E-state index < -0.39 is 10.0 Å². The highest BCUT2D eigenvalue weighted by Gasteiger charge is 2.24. The monoisotopic (exact) mass is 325 g/mol. The smallest absolute Gasteiger partial charge is 0.242 e. The molecule has 2 N–H and O–H groups in total.